The first-order valence-electron chi connectivity index (χ1n) is 6.27. The van der Waals surface area contributed by atoms with E-state index in [2.05, 4.69) is 46.3 Å². The maximum Gasteiger partial charge on any atom is 0.129 e. The van der Waals surface area contributed by atoms with Crippen LogP contribution in [0.5, 0.6) is 0 Å². The van der Waals surface area contributed by atoms with Crippen molar-refractivity contribution in [3.63, 3.8) is 0 Å². The average Bonchev–Trinajstić information content (AvgIpc) is 2.79. The van der Waals surface area contributed by atoms with Crippen molar-refractivity contribution in [2.24, 2.45) is 0 Å². The van der Waals surface area contributed by atoms with E-state index >= 15 is 0 Å². The summed E-state index contributed by atoms with van der Waals surface area (Å²) in [7, 11) is 0. The van der Waals surface area contributed by atoms with E-state index in [1.165, 1.54) is 8.45 Å². The number of aryl methyl sites for hydroxylation is 2. The topological polar surface area (TPSA) is 12.0 Å². The number of hydrogen-bond acceptors (Lipinski definition) is 2. The molecule has 0 aliphatic carbocycles. The van der Waals surface area contributed by atoms with Crippen LogP contribution >= 0.6 is 33.9 Å². The lowest BCUT2D eigenvalue weighted by molar-refractivity contribution is 0.599. The molecule has 0 bridgehead atoms. The summed E-state index contributed by atoms with van der Waals surface area (Å²) in [6.07, 6.45) is 0. The normalized spacial score (nSPS) is 12.7. The third kappa shape index (κ3) is 3.35. The Bertz CT molecular complexity index is 556. The highest BCUT2D eigenvalue weighted by atomic mass is 127. The largest absolute Gasteiger partial charge is 0.307 e. The lowest BCUT2D eigenvalue weighted by atomic mass is 9.97. The lowest BCUT2D eigenvalue weighted by Gasteiger charge is -2.19. The van der Waals surface area contributed by atoms with E-state index in [4.69, 9.17) is 0 Å². The van der Waals surface area contributed by atoms with Crippen LogP contribution < -0.4 is 5.32 Å². The second kappa shape index (κ2) is 6.33. The maximum atomic E-state index is 13.7. The van der Waals surface area contributed by atoms with Gasteiger partial charge in [0.2, 0.25) is 0 Å². The molecule has 1 nitrogen and oxygen atoms in total. The van der Waals surface area contributed by atoms with Gasteiger partial charge in [-0.1, -0.05) is 19.1 Å². The van der Waals surface area contributed by atoms with Crippen LogP contribution in [-0.2, 0) is 0 Å². The zero-order valence-corrected chi connectivity index (χ0v) is 14.2. The van der Waals surface area contributed by atoms with Crippen LogP contribution in [0.3, 0.4) is 0 Å². The molecule has 1 N–H and O–H groups in total. The highest BCUT2D eigenvalue weighted by Crippen LogP contribution is 2.29. The molecule has 1 unspecified atom stereocenters. The fraction of sp³-hybridized carbons (Fsp3) is 0.333. The van der Waals surface area contributed by atoms with Gasteiger partial charge in [-0.3, -0.25) is 0 Å². The fourth-order valence-corrected chi connectivity index (χ4v) is 3.65. The number of halogens is 2. The van der Waals surface area contributed by atoms with Crippen LogP contribution in [0.15, 0.2) is 23.6 Å². The zero-order valence-electron chi connectivity index (χ0n) is 11.3. The Morgan fingerprint density at radius 1 is 1.21 bits per heavy atom. The number of nitrogens with one attached hydrogen (secondary N) is 1. The third-order valence-corrected chi connectivity index (χ3v) is 4.93. The molecular weight excluding hydrogens is 372 g/mol. The van der Waals surface area contributed by atoms with Crippen LogP contribution in [0.4, 0.5) is 4.39 Å². The van der Waals surface area contributed by atoms with Gasteiger partial charge in [0.1, 0.15) is 5.82 Å². The molecule has 4 heteroatoms. The molecule has 0 saturated heterocycles. The monoisotopic (exact) mass is 389 g/mol. The molecule has 0 aliphatic rings. The Morgan fingerprint density at radius 3 is 2.32 bits per heavy atom. The molecule has 1 aromatic carbocycles. The Balaban J connectivity index is 2.44. The van der Waals surface area contributed by atoms with Gasteiger partial charge >= 0.3 is 0 Å². The molecule has 0 saturated carbocycles. The van der Waals surface area contributed by atoms with Crippen LogP contribution in [0.1, 0.15) is 35.2 Å². The van der Waals surface area contributed by atoms with E-state index in [1.807, 2.05) is 26.0 Å². The summed E-state index contributed by atoms with van der Waals surface area (Å²) in [4.78, 5) is 0. The number of benzene rings is 1. The van der Waals surface area contributed by atoms with Crippen molar-refractivity contribution in [2.75, 3.05) is 6.54 Å². The molecule has 2 rings (SSSR count). The second-order valence-electron chi connectivity index (χ2n) is 4.64. The summed E-state index contributed by atoms with van der Waals surface area (Å²) in [6.45, 7) is 6.62. The predicted molar refractivity (Wildman–Crippen MR) is 88.4 cm³/mol. The summed E-state index contributed by atoms with van der Waals surface area (Å²) >= 11 is 4.07. The molecule has 19 heavy (non-hydrogen) atoms. The van der Waals surface area contributed by atoms with Gasteiger partial charge in [-0.2, -0.15) is 0 Å². The molecule has 1 heterocycles. The van der Waals surface area contributed by atoms with Gasteiger partial charge in [0.15, 0.2) is 0 Å². The quantitative estimate of drug-likeness (QED) is 0.741. The van der Waals surface area contributed by atoms with Crippen LogP contribution in [0.2, 0.25) is 0 Å². The summed E-state index contributed by atoms with van der Waals surface area (Å²) in [5.74, 6) is -0.0982. The first-order valence-corrected chi connectivity index (χ1v) is 8.22. The number of rotatable bonds is 4. The molecule has 0 radical (unpaired) electrons. The number of hydrogen-bond donors (Lipinski definition) is 1. The van der Waals surface area contributed by atoms with Crippen molar-refractivity contribution < 1.29 is 4.39 Å². The van der Waals surface area contributed by atoms with Crippen molar-refractivity contribution in [3.8, 4) is 0 Å². The molecule has 0 spiro atoms. The Labute approximate surface area is 131 Å². The van der Waals surface area contributed by atoms with Crippen LogP contribution in [-0.4, -0.2) is 6.54 Å². The highest BCUT2D eigenvalue weighted by molar-refractivity contribution is 14.1. The van der Waals surface area contributed by atoms with Gasteiger partial charge in [-0.05, 0) is 76.7 Å². The summed E-state index contributed by atoms with van der Waals surface area (Å²) < 4.78 is 15.0. The van der Waals surface area contributed by atoms with E-state index in [0.29, 0.717) is 11.1 Å². The molecule has 1 aromatic heterocycles. The van der Waals surface area contributed by atoms with Gasteiger partial charge in [0, 0.05) is 0 Å². The Hall–Kier alpha value is -0.460. The molecule has 0 fully saturated rings. The minimum atomic E-state index is -0.0982. The van der Waals surface area contributed by atoms with Crippen molar-refractivity contribution >= 4 is 33.9 Å². The minimum Gasteiger partial charge on any atom is -0.307 e. The minimum absolute atomic E-state index is 0.0982. The van der Waals surface area contributed by atoms with Crippen molar-refractivity contribution in [3.05, 3.63) is 54.5 Å². The summed E-state index contributed by atoms with van der Waals surface area (Å²) in [6, 6.07) is 6.22. The standard InChI is InChI=1S/C15H17FINS/c1-4-18-15(12-7-13(17)19-8-12)11-5-9(2)14(16)10(3)6-11/h5-8,15,18H,4H2,1-3H3. The molecular formula is C15H17FINS. The van der Waals surface area contributed by atoms with E-state index in [9.17, 15) is 4.39 Å². The third-order valence-electron chi connectivity index (χ3n) is 3.12. The highest BCUT2D eigenvalue weighted by Gasteiger charge is 2.16. The zero-order chi connectivity index (χ0) is 14.0. The van der Waals surface area contributed by atoms with Crippen molar-refractivity contribution in [1.82, 2.24) is 5.32 Å². The van der Waals surface area contributed by atoms with Gasteiger partial charge in [0.25, 0.3) is 0 Å². The van der Waals surface area contributed by atoms with E-state index in [-0.39, 0.29) is 11.9 Å². The molecule has 1 atom stereocenters. The predicted octanol–water partition coefficient (Wildman–Crippen LogP) is 4.81. The van der Waals surface area contributed by atoms with Crippen LogP contribution in [0.25, 0.3) is 0 Å². The molecule has 0 amide bonds. The second-order valence-corrected chi connectivity index (χ2v) is 7.45. The van der Waals surface area contributed by atoms with Gasteiger partial charge in [0.05, 0.1) is 8.93 Å². The average molecular weight is 389 g/mol. The first kappa shape index (κ1) is 14.9. The Kier molecular flexibility index (Phi) is 4.97. The first-order chi connectivity index (χ1) is 9.02. The maximum absolute atomic E-state index is 13.7. The van der Waals surface area contributed by atoms with Gasteiger partial charge in [-0.25, -0.2) is 4.39 Å². The lowest BCUT2D eigenvalue weighted by Crippen LogP contribution is -2.22. The van der Waals surface area contributed by atoms with Gasteiger partial charge < -0.3 is 5.32 Å². The molecule has 0 aliphatic heterocycles. The van der Waals surface area contributed by atoms with E-state index in [1.54, 1.807) is 11.3 Å². The summed E-state index contributed by atoms with van der Waals surface area (Å²) in [5, 5.41) is 5.65. The smallest absolute Gasteiger partial charge is 0.129 e. The Morgan fingerprint density at radius 2 is 1.84 bits per heavy atom. The fourth-order valence-electron chi connectivity index (χ4n) is 2.25. The van der Waals surface area contributed by atoms with Crippen molar-refractivity contribution in [2.45, 2.75) is 26.8 Å². The molecule has 2 aromatic rings. The van der Waals surface area contributed by atoms with E-state index < -0.39 is 0 Å². The number of thiophene rings is 1. The van der Waals surface area contributed by atoms with Crippen LogP contribution in [0, 0.1) is 22.5 Å². The SMILES string of the molecule is CCNC(c1csc(I)c1)c1cc(C)c(F)c(C)c1. The van der Waals surface area contributed by atoms with Crippen molar-refractivity contribution in [1.29, 1.82) is 0 Å². The van der Waals surface area contributed by atoms with Gasteiger partial charge in [-0.15, -0.1) is 11.3 Å². The summed E-state index contributed by atoms with van der Waals surface area (Å²) in [5.41, 5.74) is 3.81. The van der Waals surface area contributed by atoms with E-state index in [0.717, 1.165) is 12.1 Å². The molecule has 102 valence electrons.